The molecular weight excluding hydrogens is 264 g/mol. The van der Waals surface area contributed by atoms with Gasteiger partial charge < -0.3 is 14.2 Å². The highest BCUT2D eigenvalue weighted by atomic mass is 16.6. The number of hydrogen-bond donors (Lipinski definition) is 0. The lowest BCUT2D eigenvalue weighted by molar-refractivity contribution is -0.175. The summed E-state index contributed by atoms with van der Waals surface area (Å²) < 4.78 is 13.4. The van der Waals surface area contributed by atoms with Gasteiger partial charge >= 0.3 is 17.9 Å². The molecule has 0 aliphatic carbocycles. The average molecular weight is 278 g/mol. The molecule has 0 heterocycles. The van der Waals surface area contributed by atoms with E-state index in [1.54, 1.807) is 24.3 Å². The van der Waals surface area contributed by atoms with Crippen LogP contribution in [0.1, 0.15) is 5.56 Å². The summed E-state index contributed by atoms with van der Waals surface area (Å²) in [4.78, 5) is 34.1. The van der Waals surface area contributed by atoms with Crippen LogP contribution in [0.4, 0.5) is 0 Å². The highest BCUT2D eigenvalue weighted by Gasteiger charge is 2.32. The van der Waals surface area contributed by atoms with Crippen molar-refractivity contribution in [2.75, 3.05) is 14.2 Å². The lowest BCUT2D eigenvalue weighted by atomic mass is 10.2. The number of rotatable bonds is 5. The van der Waals surface area contributed by atoms with Crippen LogP contribution in [0.5, 0.6) is 0 Å². The van der Waals surface area contributed by atoms with E-state index < -0.39 is 24.0 Å². The predicted octanol–water partition coefficient (Wildman–Crippen LogP) is 0.958. The minimum atomic E-state index is -1.72. The Labute approximate surface area is 115 Å². The highest BCUT2D eigenvalue weighted by molar-refractivity contribution is 6.01. The summed E-state index contributed by atoms with van der Waals surface area (Å²) in [5, 5.41) is 0. The maximum absolute atomic E-state index is 11.5. The van der Waals surface area contributed by atoms with E-state index in [2.05, 4.69) is 9.47 Å². The van der Waals surface area contributed by atoms with E-state index >= 15 is 0 Å². The van der Waals surface area contributed by atoms with Crippen molar-refractivity contribution in [2.24, 2.45) is 0 Å². The Morgan fingerprint density at radius 3 is 2.05 bits per heavy atom. The Balaban J connectivity index is 2.69. The van der Waals surface area contributed by atoms with Crippen molar-refractivity contribution >= 4 is 24.0 Å². The van der Waals surface area contributed by atoms with Crippen molar-refractivity contribution in [3.05, 3.63) is 42.0 Å². The van der Waals surface area contributed by atoms with Crippen LogP contribution in [0.25, 0.3) is 6.08 Å². The number of carbonyl (C=O) groups is 3. The molecule has 0 saturated heterocycles. The number of ether oxygens (including phenoxy) is 3. The Morgan fingerprint density at radius 1 is 1.00 bits per heavy atom. The fourth-order valence-electron chi connectivity index (χ4n) is 1.29. The normalized spacial score (nSPS) is 10.3. The second-order valence-corrected chi connectivity index (χ2v) is 3.61. The van der Waals surface area contributed by atoms with Gasteiger partial charge in [-0.05, 0) is 11.6 Å². The summed E-state index contributed by atoms with van der Waals surface area (Å²) in [5.74, 6) is -2.86. The van der Waals surface area contributed by atoms with Gasteiger partial charge in [0.1, 0.15) is 0 Å². The second-order valence-electron chi connectivity index (χ2n) is 3.61. The Morgan fingerprint density at radius 2 is 1.55 bits per heavy atom. The van der Waals surface area contributed by atoms with E-state index in [1.165, 1.54) is 6.08 Å². The van der Waals surface area contributed by atoms with Crippen LogP contribution < -0.4 is 0 Å². The zero-order valence-electron chi connectivity index (χ0n) is 11.1. The first-order chi connectivity index (χ1) is 9.58. The van der Waals surface area contributed by atoms with Crippen molar-refractivity contribution in [3.63, 3.8) is 0 Å². The van der Waals surface area contributed by atoms with Crippen molar-refractivity contribution < 1.29 is 28.6 Å². The predicted molar refractivity (Wildman–Crippen MR) is 69.4 cm³/mol. The maximum Gasteiger partial charge on any atom is 0.359 e. The van der Waals surface area contributed by atoms with Gasteiger partial charge in [-0.3, -0.25) is 0 Å². The number of carbonyl (C=O) groups excluding carboxylic acids is 3. The molecule has 0 saturated carbocycles. The van der Waals surface area contributed by atoms with Gasteiger partial charge in [-0.25, -0.2) is 14.4 Å². The molecule has 20 heavy (non-hydrogen) atoms. The second kappa shape index (κ2) is 7.73. The maximum atomic E-state index is 11.5. The van der Waals surface area contributed by atoms with Crippen LogP contribution in [0.3, 0.4) is 0 Å². The summed E-state index contributed by atoms with van der Waals surface area (Å²) in [6.07, 6.45) is 0.875. The van der Waals surface area contributed by atoms with Crippen LogP contribution in [0.2, 0.25) is 0 Å². The monoisotopic (exact) mass is 278 g/mol. The first-order valence-electron chi connectivity index (χ1n) is 5.68. The molecule has 0 aromatic heterocycles. The van der Waals surface area contributed by atoms with Crippen LogP contribution >= 0.6 is 0 Å². The largest absolute Gasteiger partial charge is 0.466 e. The first-order valence-corrected chi connectivity index (χ1v) is 5.68. The van der Waals surface area contributed by atoms with Gasteiger partial charge in [-0.2, -0.15) is 0 Å². The number of esters is 3. The summed E-state index contributed by atoms with van der Waals surface area (Å²) in [7, 11) is 2.15. The fourth-order valence-corrected chi connectivity index (χ4v) is 1.29. The zero-order chi connectivity index (χ0) is 15.0. The van der Waals surface area contributed by atoms with Gasteiger partial charge in [-0.1, -0.05) is 30.3 Å². The average Bonchev–Trinajstić information content (AvgIpc) is 2.50. The Bertz CT molecular complexity index is 490. The van der Waals surface area contributed by atoms with E-state index in [0.29, 0.717) is 0 Å². The molecule has 0 radical (unpaired) electrons. The molecule has 0 unspecified atom stereocenters. The Hall–Kier alpha value is -2.63. The van der Waals surface area contributed by atoms with E-state index in [0.717, 1.165) is 25.9 Å². The topological polar surface area (TPSA) is 78.9 Å². The molecule has 0 bridgehead atoms. The summed E-state index contributed by atoms with van der Waals surface area (Å²) >= 11 is 0. The van der Waals surface area contributed by atoms with Crippen LogP contribution in [-0.4, -0.2) is 38.2 Å². The molecule has 0 atom stereocenters. The standard InChI is InChI=1S/C14H14O6/c1-18-13(16)12(14(17)19-2)20-11(15)9-8-10-6-4-3-5-7-10/h3-9,12H,1-2H3/b9-8+. The van der Waals surface area contributed by atoms with Crippen LogP contribution in [0.15, 0.2) is 36.4 Å². The van der Waals surface area contributed by atoms with Gasteiger partial charge in [0.25, 0.3) is 6.10 Å². The third kappa shape index (κ3) is 4.56. The third-order valence-corrected chi connectivity index (χ3v) is 2.28. The third-order valence-electron chi connectivity index (χ3n) is 2.28. The molecule has 106 valence electrons. The lowest BCUT2D eigenvalue weighted by Crippen LogP contribution is -2.36. The molecule has 0 N–H and O–H groups in total. The fraction of sp³-hybridized carbons (Fsp3) is 0.214. The van der Waals surface area contributed by atoms with Gasteiger partial charge in [0, 0.05) is 6.08 Å². The molecule has 0 fully saturated rings. The van der Waals surface area contributed by atoms with Gasteiger partial charge in [-0.15, -0.1) is 0 Å². The van der Waals surface area contributed by atoms with Gasteiger partial charge in [0.15, 0.2) is 0 Å². The molecule has 1 rings (SSSR count). The van der Waals surface area contributed by atoms with Crippen molar-refractivity contribution in [3.8, 4) is 0 Å². The highest BCUT2D eigenvalue weighted by Crippen LogP contribution is 2.04. The van der Waals surface area contributed by atoms with Gasteiger partial charge in [0.05, 0.1) is 14.2 Å². The van der Waals surface area contributed by atoms with Crippen LogP contribution in [0, 0.1) is 0 Å². The molecule has 0 amide bonds. The number of hydrogen-bond acceptors (Lipinski definition) is 6. The SMILES string of the molecule is COC(=O)C(OC(=O)/C=C/c1ccccc1)C(=O)OC. The van der Waals surface area contributed by atoms with Crippen molar-refractivity contribution in [1.29, 1.82) is 0 Å². The molecule has 0 aliphatic rings. The number of methoxy groups -OCH3 is 2. The van der Waals surface area contributed by atoms with E-state index in [9.17, 15) is 14.4 Å². The number of benzene rings is 1. The van der Waals surface area contributed by atoms with Gasteiger partial charge in [0.2, 0.25) is 0 Å². The lowest BCUT2D eigenvalue weighted by Gasteiger charge is -2.11. The molecule has 1 aromatic rings. The molecule has 6 heteroatoms. The molecule has 6 nitrogen and oxygen atoms in total. The van der Waals surface area contributed by atoms with Crippen molar-refractivity contribution in [2.45, 2.75) is 6.10 Å². The van der Waals surface area contributed by atoms with Crippen LogP contribution in [-0.2, 0) is 28.6 Å². The van der Waals surface area contributed by atoms with E-state index in [4.69, 9.17) is 4.74 Å². The molecule has 0 aliphatic heterocycles. The molecular formula is C14H14O6. The zero-order valence-corrected chi connectivity index (χ0v) is 11.1. The minimum absolute atomic E-state index is 0.775. The molecule has 1 aromatic carbocycles. The minimum Gasteiger partial charge on any atom is -0.466 e. The summed E-state index contributed by atoms with van der Waals surface area (Å²) in [6, 6.07) is 9.00. The first kappa shape index (κ1) is 15.4. The Kier molecular flexibility index (Phi) is 5.96. The summed E-state index contributed by atoms with van der Waals surface area (Å²) in [6.45, 7) is 0. The van der Waals surface area contributed by atoms with E-state index in [1.807, 2.05) is 6.07 Å². The summed E-state index contributed by atoms with van der Waals surface area (Å²) in [5.41, 5.74) is 0.775. The quantitative estimate of drug-likeness (QED) is 0.345. The smallest absolute Gasteiger partial charge is 0.359 e. The van der Waals surface area contributed by atoms with Crippen molar-refractivity contribution in [1.82, 2.24) is 0 Å². The molecule has 0 spiro atoms. The van der Waals surface area contributed by atoms with E-state index in [-0.39, 0.29) is 0 Å².